The largest absolute Gasteiger partial charge is 0.291 e. The molecule has 0 spiro atoms. The maximum atomic E-state index is 4.66. The smallest absolute Gasteiger partial charge is 0.0363 e. The maximum Gasteiger partial charge on any atom is 0.0363 e. The van der Waals surface area contributed by atoms with E-state index in [0.717, 1.165) is 0 Å². The van der Waals surface area contributed by atoms with E-state index >= 15 is 0 Å². The first-order chi connectivity index (χ1) is 5.39. The summed E-state index contributed by atoms with van der Waals surface area (Å²) in [6.07, 6.45) is 0. The molecule has 0 unspecified atom stereocenters. The van der Waals surface area contributed by atoms with E-state index in [4.69, 9.17) is 0 Å². The van der Waals surface area contributed by atoms with Gasteiger partial charge in [-0.25, -0.2) is 0 Å². The Bertz CT molecular complexity index is 154. The normalized spacial score (nSPS) is 13.2. The van der Waals surface area contributed by atoms with Gasteiger partial charge in [0.15, 0.2) is 0 Å². The van der Waals surface area contributed by atoms with Crippen LogP contribution in [0.5, 0.6) is 0 Å². The minimum Gasteiger partial charge on any atom is -0.291 e. The second kappa shape index (κ2) is 4.43. The maximum absolute atomic E-state index is 4.66. The summed E-state index contributed by atoms with van der Waals surface area (Å²) in [6.45, 7) is 9.11. The first-order valence-corrected chi connectivity index (χ1v) is 6.40. The zero-order valence-corrected chi connectivity index (χ0v) is 10.4. The van der Waals surface area contributed by atoms with Crippen LogP contribution in [0, 0.1) is 0 Å². The Labute approximate surface area is 77.5 Å². The van der Waals surface area contributed by atoms with Crippen molar-refractivity contribution >= 4 is 7.21 Å². The summed E-state index contributed by atoms with van der Waals surface area (Å²) < 4.78 is 6.99. The lowest BCUT2D eigenvalue weighted by Crippen LogP contribution is -2.22. The Balaban J connectivity index is 5.08. The molecule has 0 aromatic carbocycles. The molecule has 0 saturated carbocycles. The third-order valence-corrected chi connectivity index (χ3v) is 7.44. The van der Waals surface area contributed by atoms with Crippen LogP contribution < -0.4 is 0 Å². The minimum absolute atomic E-state index is 0.664. The summed E-state index contributed by atoms with van der Waals surface area (Å²) in [4.78, 5) is 0. The molecule has 0 aromatic heterocycles. The fraction of sp³-hybridized carbons (Fsp3) is 1.00. The molecule has 0 atom stereocenters. The minimum atomic E-state index is -1.23. The predicted octanol–water partition coefficient (Wildman–Crippen LogP) is 3.11. The molecule has 3 heteroatoms. The van der Waals surface area contributed by atoms with E-state index in [-0.39, 0.29) is 0 Å². The van der Waals surface area contributed by atoms with Gasteiger partial charge in [0.1, 0.15) is 0 Å². The molecule has 2 nitrogen and oxygen atoms in total. The fourth-order valence-corrected chi connectivity index (χ4v) is 6.48. The van der Waals surface area contributed by atoms with E-state index in [1.54, 1.807) is 0 Å². The van der Waals surface area contributed by atoms with Crippen molar-refractivity contribution in [3.8, 4) is 0 Å². The molecule has 0 aliphatic rings. The third kappa shape index (κ3) is 1.92. The molecule has 74 valence electrons. The van der Waals surface area contributed by atoms with Crippen molar-refractivity contribution < 1.29 is 0 Å². The molecule has 0 aromatic rings. The van der Waals surface area contributed by atoms with Crippen LogP contribution in [0.3, 0.4) is 0 Å². The van der Waals surface area contributed by atoms with Crippen LogP contribution in [-0.4, -0.2) is 37.1 Å². The quantitative estimate of drug-likeness (QED) is 0.624. The highest BCUT2D eigenvalue weighted by molar-refractivity contribution is 7.65. The number of hydrogen-bond acceptors (Lipinski definition) is 1. The van der Waals surface area contributed by atoms with E-state index in [9.17, 15) is 0 Å². The average molecular weight is 190 g/mol. The van der Waals surface area contributed by atoms with E-state index in [2.05, 4.69) is 51.2 Å². The van der Waals surface area contributed by atoms with Crippen molar-refractivity contribution in [2.45, 2.75) is 39.0 Å². The average Bonchev–Trinajstić information content (AvgIpc) is 1.86. The molecule has 0 rings (SSSR count). The number of hydrogen-bond donors (Lipinski definition) is 0. The summed E-state index contributed by atoms with van der Waals surface area (Å²) >= 11 is 0. The molecule has 0 fully saturated rings. The topological polar surface area (TPSA) is 15.6 Å². The van der Waals surface area contributed by atoms with Crippen molar-refractivity contribution in [2.75, 3.05) is 21.1 Å². The van der Waals surface area contributed by atoms with Crippen LogP contribution in [0.2, 0.25) is 0 Å². The lowest BCUT2D eigenvalue weighted by Gasteiger charge is -2.38. The van der Waals surface area contributed by atoms with E-state index in [0.29, 0.717) is 11.3 Å². The van der Waals surface area contributed by atoms with Gasteiger partial charge in [-0.1, -0.05) is 27.7 Å². The Hall–Kier alpha value is 0.190. The van der Waals surface area contributed by atoms with Gasteiger partial charge in [-0.3, -0.25) is 9.42 Å². The summed E-state index contributed by atoms with van der Waals surface area (Å²) in [5, 5.41) is 0. The van der Waals surface area contributed by atoms with Gasteiger partial charge in [-0.2, -0.15) is 0 Å². The van der Waals surface area contributed by atoms with Crippen LogP contribution >= 0.6 is 7.21 Å². The summed E-state index contributed by atoms with van der Waals surface area (Å²) in [5.41, 5.74) is 1.33. The Morgan fingerprint density at radius 1 is 1.00 bits per heavy atom. The highest BCUT2D eigenvalue weighted by Gasteiger charge is 2.28. The van der Waals surface area contributed by atoms with Crippen LogP contribution in [-0.2, 0) is 0 Å². The summed E-state index contributed by atoms with van der Waals surface area (Å²) in [5.74, 6) is 0. The van der Waals surface area contributed by atoms with Gasteiger partial charge in [0.25, 0.3) is 0 Å². The van der Waals surface area contributed by atoms with Gasteiger partial charge in [0.2, 0.25) is 0 Å². The van der Waals surface area contributed by atoms with Crippen molar-refractivity contribution in [2.24, 2.45) is 4.74 Å². The van der Waals surface area contributed by atoms with Crippen molar-refractivity contribution in [1.29, 1.82) is 0 Å². The fourth-order valence-electron chi connectivity index (χ4n) is 2.16. The van der Waals surface area contributed by atoms with E-state index < -0.39 is 7.21 Å². The highest BCUT2D eigenvalue weighted by atomic mass is 31.2. The molecule has 0 aliphatic heterocycles. The first-order valence-electron chi connectivity index (χ1n) is 4.57. The van der Waals surface area contributed by atoms with Crippen molar-refractivity contribution in [3.63, 3.8) is 0 Å². The molecular formula is C9H23N2P. The zero-order valence-electron chi connectivity index (χ0n) is 9.50. The van der Waals surface area contributed by atoms with Gasteiger partial charge >= 0.3 is 0 Å². The summed E-state index contributed by atoms with van der Waals surface area (Å²) in [7, 11) is 5.04. The van der Waals surface area contributed by atoms with Crippen molar-refractivity contribution in [1.82, 2.24) is 4.67 Å². The SMILES string of the molecule is CN=P(C(C)C)(C(C)C)N(C)C. The molecule has 12 heavy (non-hydrogen) atoms. The highest BCUT2D eigenvalue weighted by Crippen LogP contribution is 2.59. The standard InChI is InChI=1S/C9H23N2P/c1-8(2)12(10-5,9(3)4)11(6)7/h8-9H,1-7H3. The predicted molar refractivity (Wildman–Crippen MR) is 59.2 cm³/mol. The van der Waals surface area contributed by atoms with Crippen LogP contribution in [0.1, 0.15) is 27.7 Å². The van der Waals surface area contributed by atoms with Gasteiger partial charge in [-0.15, -0.1) is 0 Å². The lowest BCUT2D eigenvalue weighted by atomic mass is 10.5. The monoisotopic (exact) mass is 190 g/mol. The molecule has 0 amide bonds. The molecule has 0 bridgehead atoms. The van der Waals surface area contributed by atoms with Crippen LogP contribution in [0.15, 0.2) is 4.74 Å². The number of nitrogens with zero attached hydrogens (tertiary/aromatic N) is 2. The molecule has 0 saturated heterocycles. The molecule has 0 radical (unpaired) electrons. The van der Waals surface area contributed by atoms with Gasteiger partial charge in [-0.05, 0) is 14.1 Å². The van der Waals surface area contributed by atoms with Gasteiger partial charge < -0.3 is 0 Å². The second-order valence-electron chi connectivity index (χ2n) is 3.94. The van der Waals surface area contributed by atoms with Crippen LogP contribution in [0.4, 0.5) is 0 Å². The molecule has 0 heterocycles. The molecule has 0 N–H and O–H groups in total. The second-order valence-corrected chi connectivity index (χ2v) is 8.60. The van der Waals surface area contributed by atoms with Crippen LogP contribution in [0.25, 0.3) is 0 Å². The van der Waals surface area contributed by atoms with E-state index in [1.165, 1.54) is 0 Å². The number of rotatable bonds is 3. The first kappa shape index (κ1) is 12.2. The zero-order chi connectivity index (χ0) is 9.94. The molecular weight excluding hydrogens is 167 g/mol. The van der Waals surface area contributed by atoms with Crippen molar-refractivity contribution in [3.05, 3.63) is 0 Å². The molecule has 0 aliphatic carbocycles. The van der Waals surface area contributed by atoms with Gasteiger partial charge in [0, 0.05) is 25.6 Å². The Kier molecular flexibility index (Phi) is 4.50. The Morgan fingerprint density at radius 3 is 1.33 bits per heavy atom. The summed E-state index contributed by atoms with van der Waals surface area (Å²) in [6, 6.07) is 0. The third-order valence-electron chi connectivity index (χ3n) is 2.48. The van der Waals surface area contributed by atoms with Gasteiger partial charge in [0.05, 0.1) is 0 Å². The lowest BCUT2D eigenvalue weighted by molar-refractivity contribution is 0.640. The Morgan fingerprint density at radius 2 is 1.33 bits per heavy atom. The van der Waals surface area contributed by atoms with E-state index in [1.807, 2.05) is 7.05 Å².